The monoisotopic (exact) mass is 551 g/mol. The Kier molecular flexibility index (Phi) is 11.1. The fourth-order valence-corrected chi connectivity index (χ4v) is 6.19. The molecule has 0 saturated heterocycles. The van der Waals surface area contributed by atoms with Crippen molar-refractivity contribution in [2.75, 3.05) is 5.75 Å². The molecular weight excluding hydrogens is 513 g/mol. The van der Waals surface area contributed by atoms with E-state index in [9.17, 15) is 13.2 Å². The van der Waals surface area contributed by atoms with Gasteiger partial charge in [-0.15, -0.1) is 6.58 Å². The molecule has 1 unspecified atom stereocenters. The molecule has 0 N–H and O–H groups in total. The molecule has 198 valence electrons. The van der Waals surface area contributed by atoms with Crippen LogP contribution in [0.4, 0.5) is 0 Å². The summed E-state index contributed by atoms with van der Waals surface area (Å²) in [6, 6.07) is 14.1. The van der Waals surface area contributed by atoms with Crippen molar-refractivity contribution in [1.82, 2.24) is 4.90 Å². The molecule has 0 aliphatic rings. The largest absolute Gasteiger partial charge is 0.331 e. The van der Waals surface area contributed by atoms with Gasteiger partial charge >= 0.3 is 0 Å². The van der Waals surface area contributed by atoms with Crippen LogP contribution in [0.25, 0.3) is 0 Å². The minimum absolute atomic E-state index is 0.0959. The predicted octanol–water partition coefficient (Wildman–Crippen LogP) is 7.73. The standard InChI is InChI=1S/C29H39Cl2NO3S/c1-8-10-21(6)29(33)32(27(19(2)3)18-36(34,35)20(4)5)28(23-13-15-25(30)16-14-23)22(7)24-11-9-12-26(31)17-24/h8-9,11-17,19-22,27-28H,1,10,18H2,2-7H3/t21-,22+,27?,28-/m0/s1. The second kappa shape index (κ2) is 13.1. The first kappa shape index (κ1) is 30.4. The van der Waals surface area contributed by atoms with Crippen LogP contribution in [0.3, 0.4) is 0 Å². The number of sulfone groups is 1. The van der Waals surface area contributed by atoms with Gasteiger partial charge in [-0.3, -0.25) is 4.79 Å². The summed E-state index contributed by atoms with van der Waals surface area (Å²) in [7, 11) is -3.43. The normalized spacial score (nSPS) is 15.4. The van der Waals surface area contributed by atoms with Crippen LogP contribution in [0.5, 0.6) is 0 Å². The Labute approximate surface area is 227 Å². The molecule has 0 aromatic heterocycles. The van der Waals surface area contributed by atoms with Crippen LogP contribution < -0.4 is 0 Å². The molecule has 2 aromatic carbocycles. The number of carbonyl (C=O) groups excluding carboxylic acids is 1. The Hall–Kier alpha value is -1.82. The zero-order chi connectivity index (χ0) is 27.2. The Balaban J connectivity index is 2.80. The number of hydrogen-bond donors (Lipinski definition) is 0. The first-order chi connectivity index (χ1) is 16.8. The quantitative estimate of drug-likeness (QED) is 0.253. The number of halogens is 2. The van der Waals surface area contributed by atoms with Crippen LogP contribution in [-0.4, -0.2) is 36.3 Å². The minimum atomic E-state index is -3.43. The summed E-state index contributed by atoms with van der Waals surface area (Å²) in [6.07, 6.45) is 2.23. The number of amides is 1. The molecule has 0 spiro atoms. The van der Waals surface area contributed by atoms with Gasteiger partial charge in [0.2, 0.25) is 5.91 Å². The lowest BCUT2D eigenvalue weighted by atomic mass is 9.84. The van der Waals surface area contributed by atoms with Gasteiger partial charge in [0, 0.05) is 27.9 Å². The highest BCUT2D eigenvalue weighted by atomic mass is 35.5. The fraction of sp³-hybridized carbons (Fsp3) is 0.483. The van der Waals surface area contributed by atoms with E-state index in [1.807, 2.05) is 62.1 Å². The van der Waals surface area contributed by atoms with Crippen molar-refractivity contribution in [2.45, 2.75) is 71.2 Å². The van der Waals surface area contributed by atoms with E-state index in [0.717, 1.165) is 11.1 Å². The highest BCUT2D eigenvalue weighted by Gasteiger charge is 2.40. The van der Waals surface area contributed by atoms with Gasteiger partial charge in [0.15, 0.2) is 9.84 Å². The van der Waals surface area contributed by atoms with Gasteiger partial charge in [-0.05, 0) is 61.6 Å². The highest BCUT2D eigenvalue weighted by Crippen LogP contribution is 2.40. The summed E-state index contributed by atoms with van der Waals surface area (Å²) in [5.74, 6) is -0.831. The summed E-state index contributed by atoms with van der Waals surface area (Å²) >= 11 is 12.6. The number of rotatable bonds is 12. The maximum atomic E-state index is 14.2. The third kappa shape index (κ3) is 7.60. The lowest BCUT2D eigenvalue weighted by Crippen LogP contribution is -2.52. The Morgan fingerprint density at radius 1 is 0.944 bits per heavy atom. The Bertz CT molecular complexity index is 1130. The van der Waals surface area contributed by atoms with Crippen molar-refractivity contribution < 1.29 is 13.2 Å². The third-order valence-corrected chi connectivity index (χ3v) is 9.53. The van der Waals surface area contributed by atoms with Crippen molar-refractivity contribution in [3.8, 4) is 0 Å². The van der Waals surface area contributed by atoms with Crippen molar-refractivity contribution in [1.29, 1.82) is 0 Å². The Morgan fingerprint density at radius 2 is 1.56 bits per heavy atom. The molecular formula is C29H39Cl2NO3S. The lowest BCUT2D eigenvalue weighted by molar-refractivity contribution is -0.141. The van der Waals surface area contributed by atoms with Gasteiger partial charge in [0.25, 0.3) is 0 Å². The van der Waals surface area contributed by atoms with E-state index in [1.165, 1.54) is 0 Å². The maximum absolute atomic E-state index is 14.2. The summed E-state index contributed by atoms with van der Waals surface area (Å²) < 4.78 is 26.3. The van der Waals surface area contributed by atoms with Gasteiger partial charge in [-0.25, -0.2) is 8.42 Å². The number of carbonyl (C=O) groups is 1. The predicted molar refractivity (Wildman–Crippen MR) is 152 cm³/mol. The van der Waals surface area contributed by atoms with Crippen molar-refractivity contribution in [2.24, 2.45) is 11.8 Å². The molecule has 0 aliphatic heterocycles. The molecule has 0 radical (unpaired) electrons. The van der Waals surface area contributed by atoms with E-state index >= 15 is 0 Å². The summed E-state index contributed by atoms with van der Waals surface area (Å²) in [6.45, 7) is 15.1. The lowest BCUT2D eigenvalue weighted by Gasteiger charge is -2.44. The van der Waals surface area contributed by atoms with Gasteiger partial charge in [-0.1, -0.05) is 81.2 Å². The third-order valence-electron chi connectivity index (χ3n) is 6.80. The average Bonchev–Trinajstić information content (AvgIpc) is 2.81. The van der Waals surface area contributed by atoms with E-state index < -0.39 is 27.2 Å². The van der Waals surface area contributed by atoms with Gasteiger partial charge < -0.3 is 4.90 Å². The molecule has 0 aliphatic carbocycles. The second-order valence-corrected chi connectivity index (χ2v) is 13.7. The van der Waals surface area contributed by atoms with Crippen molar-refractivity contribution in [3.63, 3.8) is 0 Å². The average molecular weight is 553 g/mol. The molecule has 4 nitrogen and oxygen atoms in total. The Morgan fingerprint density at radius 3 is 2.06 bits per heavy atom. The van der Waals surface area contributed by atoms with Crippen molar-refractivity contribution in [3.05, 3.63) is 82.4 Å². The highest BCUT2D eigenvalue weighted by molar-refractivity contribution is 7.92. The molecule has 2 rings (SSSR count). The zero-order valence-electron chi connectivity index (χ0n) is 22.1. The van der Waals surface area contributed by atoms with Crippen LogP contribution >= 0.6 is 23.2 Å². The van der Waals surface area contributed by atoms with Crippen LogP contribution in [0.1, 0.15) is 71.0 Å². The SMILES string of the molecule is C=CC[C@H](C)C(=O)N(C(CS(=O)(=O)C(C)C)C(C)C)[C@H](c1ccc(Cl)cc1)[C@H](C)c1cccc(Cl)c1. The molecule has 1 amide bonds. The molecule has 7 heteroatoms. The second-order valence-electron chi connectivity index (χ2n) is 10.2. The van der Waals surface area contributed by atoms with E-state index in [0.29, 0.717) is 16.5 Å². The van der Waals surface area contributed by atoms with E-state index in [-0.39, 0.29) is 29.4 Å². The first-order valence-electron chi connectivity index (χ1n) is 12.5. The number of allylic oxidation sites excluding steroid dienone is 1. The number of benzene rings is 2. The molecule has 0 fully saturated rings. The van der Waals surface area contributed by atoms with E-state index in [2.05, 4.69) is 13.5 Å². The molecule has 0 saturated carbocycles. The van der Waals surface area contributed by atoms with Crippen LogP contribution in [0, 0.1) is 11.8 Å². The summed E-state index contributed by atoms with van der Waals surface area (Å²) in [5.41, 5.74) is 1.85. The van der Waals surface area contributed by atoms with Crippen LogP contribution in [0.2, 0.25) is 10.0 Å². The number of nitrogens with zero attached hydrogens (tertiary/aromatic N) is 1. The zero-order valence-corrected chi connectivity index (χ0v) is 24.4. The van der Waals surface area contributed by atoms with E-state index in [1.54, 1.807) is 32.1 Å². The van der Waals surface area contributed by atoms with Crippen LogP contribution in [-0.2, 0) is 14.6 Å². The topological polar surface area (TPSA) is 54.5 Å². The number of hydrogen-bond acceptors (Lipinski definition) is 3. The summed E-state index contributed by atoms with van der Waals surface area (Å²) in [5, 5.41) is 0.657. The molecule has 2 aromatic rings. The first-order valence-corrected chi connectivity index (χ1v) is 14.9. The smallest absolute Gasteiger partial charge is 0.226 e. The van der Waals surface area contributed by atoms with Gasteiger partial charge in [0.05, 0.1) is 17.0 Å². The van der Waals surface area contributed by atoms with E-state index in [4.69, 9.17) is 23.2 Å². The molecule has 0 heterocycles. The van der Waals surface area contributed by atoms with Crippen LogP contribution in [0.15, 0.2) is 61.2 Å². The van der Waals surface area contributed by atoms with Gasteiger partial charge in [0.1, 0.15) is 0 Å². The summed E-state index contributed by atoms with van der Waals surface area (Å²) in [4.78, 5) is 16.0. The van der Waals surface area contributed by atoms with Crippen molar-refractivity contribution >= 4 is 38.9 Å². The molecule has 36 heavy (non-hydrogen) atoms. The maximum Gasteiger partial charge on any atom is 0.226 e. The minimum Gasteiger partial charge on any atom is -0.331 e. The molecule has 4 atom stereocenters. The fourth-order valence-electron chi connectivity index (χ4n) is 4.46. The molecule has 0 bridgehead atoms. The van der Waals surface area contributed by atoms with Gasteiger partial charge in [-0.2, -0.15) is 0 Å².